The van der Waals surface area contributed by atoms with Gasteiger partial charge in [-0.15, -0.1) is 0 Å². The molecule has 0 N–H and O–H groups in total. The monoisotopic (exact) mass is 246 g/mol. The molecule has 2 atom stereocenters. The van der Waals surface area contributed by atoms with E-state index in [0.29, 0.717) is 0 Å². The largest absolute Gasteiger partial charge is 0.385 e. The molecular formula is C15H34O2. The van der Waals surface area contributed by atoms with E-state index in [1.807, 2.05) is 20.8 Å². The summed E-state index contributed by atoms with van der Waals surface area (Å²) in [4.78, 5) is 0. The van der Waals surface area contributed by atoms with Gasteiger partial charge in [0, 0.05) is 26.9 Å². The van der Waals surface area contributed by atoms with Crippen molar-refractivity contribution in [3.63, 3.8) is 0 Å². The summed E-state index contributed by atoms with van der Waals surface area (Å²) in [6, 6.07) is 0. The highest BCUT2D eigenvalue weighted by molar-refractivity contribution is 4.66. The minimum atomic E-state index is 0.819. The van der Waals surface area contributed by atoms with Crippen molar-refractivity contribution in [3.8, 4) is 0 Å². The Morgan fingerprint density at radius 1 is 0.882 bits per heavy atom. The molecule has 1 aliphatic rings. The lowest BCUT2D eigenvalue weighted by Gasteiger charge is -2.22. The van der Waals surface area contributed by atoms with Gasteiger partial charge in [-0.05, 0) is 39.0 Å². The molecule has 0 heterocycles. The van der Waals surface area contributed by atoms with Crippen LogP contribution in [0.5, 0.6) is 0 Å². The van der Waals surface area contributed by atoms with Crippen LogP contribution in [-0.2, 0) is 9.47 Å². The summed E-state index contributed by atoms with van der Waals surface area (Å²) < 4.78 is 9.38. The average Bonchev–Trinajstić information content (AvgIpc) is 2.31. The maximum atomic E-state index is 4.83. The van der Waals surface area contributed by atoms with E-state index < -0.39 is 0 Å². The molecule has 1 fully saturated rings. The van der Waals surface area contributed by atoms with E-state index in [4.69, 9.17) is 4.74 Å². The van der Waals surface area contributed by atoms with Gasteiger partial charge in [0.2, 0.25) is 0 Å². The van der Waals surface area contributed by atoms with Gasteiger partial charge in [-0.1, -0.05) is 33.1 Å². The first-order chi connectivity index (χ1) is 8.12. The standard InChI is InChI=1S/C8H16.C4H10O.C3H8O/c1-7-4-3-5-8(2)6-7;1-3-5-4-2;1-3-4-2/h7-8H,3-6H2,1-2H3;3-4H2,1-2H3;3H2,1-2H3. The van der Waals surface area contributed by atoms with Crippen molar-refractivity contribution in [2.24, 2.45) is 11.8 Å². The number of hydrogen-bond acceptors (Lipinski definition) is 2. The van der Waals surface area contributed by atoms with Gasteiger partial charge in [0.15, 0.2) is 0 Å². The van der Waals surface area contributed by atoms with Crippen molar-refractivity contribution < 1.29 is 9.47 Å². The smallest absolute Gasteiger partial charge is 0.0437 e. The third kappa shape index (κ3) is 18.5. The van der Waals surface area contributed by atoms with Crippen LogP contribution in [0.15, 0.2) is 0 Å². The molecule has 17 heavy (non-hydrogen) atoms. The fourth-order valence-electron chi connectivity index (χ4n) is 1.94. The Hall–Kier alpha value is -0.0800. The van der Waals surface area contributed by atoms with Crippen LogP contribution in [0.2, 0.25) is 0 Å². The van der Waals surface area contributed by atoms with Gasteiger partial charge in [-0.2, -0.15) is 0 Å². The van der Waals surface area contributed by atoms with Gasteiger partial charge >= 0.3 is 0 Å². The van der Waals surface area contributed by atoms with Crippen LogP contribution in [0, 0.1) is 11.8 Å². The molecule has 2 unspecified atom stereocenters. The Morgan fingerprint density at radius 3 is 1.41 bits per heavy atom. The Labute approximate surface area is 109 Å². The number of rotatable bonds is 3. The van der Waals surface area contributed by atoms with E-state index in [1.165, 1.54) is 25.7 Å². The first-order valence-corrected chi connectivity index (χ1v) is 7.18. The topological polar surface area (TPSA) is 18.5 Å². The second-order valence-corrected chi connectivity index (χ2v) is 4.74. The van der Waals surface area contributed by atoms with E-state index >= 15 is 0 Å². The first kappa shape index (κ1) is 19.3. The molecule has 1 saturated carbocycles. The zero-order valence-corrected chi connectivity index (χ0v) is 12.9. The zero-order valence-electron chi connectivity index (χ0n) is 12.9. The predicted molar refractivity (Wildman–Crippen MR) is 76.5 cm³/mol. The maximum absolute atomic E-state index is 4.83. The van der Waals surface area contributed by atoms with Crippen molar-refractivity contribution >= 4 is 0 Å². The molecule has 0 radical (unpaired) electrons. The first-order valence-electron chi connectivity index (χ1n) is 7.18. The normalized spacial score (nSPS) is 22.9. The zero-order chi connectivity index (χ0) is 13.5. The Balaban J connectivity index is 0. The third-order valence-electron chi connectivity index (χ3n) is 2.90. The van der Waals surface area contributed by atoms with Crippen molar-refractivity contribution in [1.82, 2.24) is 0 Å². The molecule has 2 nitrogen and oxygen atoms in total. The van der Waals surface area contributed by atoms with Crippen molar-refractivity contribution in [2.45, 2.75) is 60.3 Å². The van der Waals surface area contributed by atoms with Gasteiger partial charge in [0.25, 0.3) is 0 Å². The number of ether oxygens (including phenoxy) is 2. The van der Waals surface area contributed by atoms with Crippen molar-refractivity contribution in [3.05, 3.63) is 0 Å². The van der Waals surface area contributed by atoms with Crippen LogP contribution in [-0.4, -0.2) is 26.9 Å². The highest BCUT2D eigenvalue weighted by atomic mass is 16.5. The fourth-order valence-corrected chi connectivity index (χ4v) is 1.94. The number of methoxy groups -OCH3 is 1. The lowest BCUT2D eigenvalue weighted by Crippen LogP contribution is -2.09. The fraction of sp³-hybridized carbons (Fsp3) is 1.00. The molecule has 0 saturated heterocycles. The van der Waals surface area contributed by atoms with E-state index in [-0.39, 0.29) is 0 Å². The van der Waals surface area contributed by atoms with Crippen molar-refractivity contribution in [1.29, 1.82) is 0 Å². The summed E-state index contributed by atoms with van der Waals surface area (Å²) in [6.07, 6.45) is 5.90. The number of hydrogen-bond donors (Lipinski definition) is 0. The van der Waals surface area contributed by atoms with Crippen LogP contribution in [0.25, 0.3) is 0 Å². The van der Waals surface area contributed by atoms with Crippen LogP contribution in [0.3, 0.4) is 0 Å². The van der Waals surface area contributed by atoms with Crippen LogP contribution >= 0.6 is 0 Å². The molecule has 2 heteroatoms. The molecule has 0 bridgehead atoms. The minimum Gasteiger partial charge on any atom is -0.385 e. The highest BCUT2D eigenvalue weighted by Crippen LogP contribution is 2.27. The molecule has 0 aliphatic heterocycles. The van der Waals surface area contributed by atoms with Gasteiger partial charge in [0.05, 0.1) is 0 Å². The minimum absolute atomic E-state index is 0.819. The van der Waals surface area contributed by atoms with Crippen LogP contribution < -0.4 is 0 Å². The maximum Gasteiger partial charge on any atom is 0.0437 e. The summed E-state index contributed by atoms with van der Waals surface area (Å²) in [5.41, 5.74) is 0. The Kier molecular flexibility index (Phi) is 18.0. The second-order valence-electron chi connectivity index (χ2n) is 4.74. The molecule has 0 aromatic carbocycles. The Morgan fingerprint density at radius 2 is 1.29 bits per heavy atom. The molecule has 1 aliphatic carbocycles. The molecule has 0 aromatic rings. The quantitative estimate of drug-likeness (QED) is 0.728. The van der Waals surface area contributed by atoms with E-state index in [1.54, 1.807) is 7.11 Å². The van der Waals surface area contributed by atoms with E-state index in [0.717, 1.165) is 31.7 Å². The summed E-state index contributed by atoms with van der Waals surface area (Å²) in [5.74, 6) is 2.03. The molecule has 0 amide bonds. The second kappa shape index (κ2) is 15.9. The van der Waals surface area contributed by atoms with E-state index in [9.17, 15) is 0 Å². The van der Waals surface area contributed by atoms with E-state index in [2.05, 4.69) is 18.6 Å². The van der Waals surface area contributed by atoms with Crippen LogP contribution in [0.1, 0.15) is 60.3 Å². The van der Waals surface area contributed by atoms with Crippen molar-refractivity contribution in [2.75, 3.05) is 26.9 Å². The molecule has 0 aromatic heterocycles. The summed E-state index contributed by atoms with van der Waals surface area (Å²) in [7, 11) is 1.68. The van der Waals surface area contributed by atoms with Crippen LogP contribution in [0.4, 0.5) is 0 Å². The van der Waals surface area contributed by atoms with Gasteiger partial charge in [-0.25, -0.2) is 0 Å². The van der Waals surface area contributed by atoms with Gasteiger partial charge in [0.1, 0.15) is 0 Å². The average molecular weight is 246 g/mol. The van der Waals surface area contributed by atoms with Gasteiger partial charge < -0.3 is 9.47 Å². The molecule has 106 valence electrons. The third-order valence-corrected chi connectivity index (χ3v) is 2.90. The molecule has 0 spiro atoms. The van der Waals surface area contributed by atoms with Gasteiger partial charge in [-0.3, -0.25) is 0 Å². The highest BCUT2D eigenvalue weighted by Gasteiger charge is 2.13. The Bertz CT molecular complexity index is 114. The predicted octanol–water partition coefficient (Wildman–Crippen LogP) is 4.53. The summed E-state index contributed by atoms with van der Waals surface area (Å²) >= 11 is 0. The molecular weight excluding hydrogens is 212 g/mol. The lowest BCUT2D eigenvalue weighted by molar-refractivity contribution is 0.162. The molecule has 1 rings (SSSR count). The summed E-state index contributed by atoms with van der Waals surface area (Å²) in [6.45, 7) is 13.2. The summed E-state index contributed by atoms with van der Waals surface area (Å²) in [5, 5.41) is 0. The lowest BCUT2D eigenvalue weighted by atomic mass is 9.84. The SMILES string of the molecule is CC1CCCC(C)C1.CCOC.CCOCC.